The van der Waals surface area contributed by atoms with E-state index in [1.807, 2.05) is 11.6 Å². The second kappa shape index (κ2) is 4.98. The predicted molar refractivity (Wildman–Crippen MR) is 77.1 cm³/mol. The van der Waals surface area contributed by atoms with Crippen LogP contribution in [0.5, 0.6) is 0 Å². The average molecular weight is 274 g/mol. The summed E-state index contributed by atoms with van der Waals surface area (Å²) in [4.78, 5) is 0. The molecule has 3 rings (SSSR count). The molecule has 0 bridgehead atoms. The Labute approximate surface area is 117 Å². The minimum absolute atomic E-state index is 0.0640. The fraction of sp³-hybridized carbons (Fsp3) is 0.429. The van der Waals surface area contributed by atoms with Gasteiger partial charge in [0, 0.05) is 18.3 Å². The molecule has 1 aromatic heterocycles. The van der Waals surface area contributed by atoms with Crippen LogP contribution in [0.3, 0.4) is 0 Å². The van der Waals surface area contributed by atoms with E-state index in [2.05, 4.69) is 41.4 Å². The standard InChI is InChI=1S/C14H18N4S/c1-9-7-12(19-14-17-16-8-18(14)2)13(15)11-6-4-3-5-10(9)11/h3-6,8-9,12-13H,7,15H2,1-2H3. The van der Waals surface area contributed by atoms with Crippen molar-refractivity contribution in [3.63, 3.8) is 0 Å². The van der Waals surface area contributed by atoms with Gasteiger partial charge in [-0.1, -0.05) is 43.0 Å². The Morgan fingerprint density at radius 3 is 2.74 bits per heavy atom. The van der Waals surface area contributed by atoms with Gasteiger partial charge in [-0.3, -0.25) is 0 Å². The third kappa shape index (κ3) is 2.28. The first-order valence-corrected chi connectivity index (χ1v) is 7.40. The van der Waals surface area contributed by atoms with Gasteiger partial charge in [0.2, 0.25) is 0 Å². The van der Waals surface area contributed by atoms with Gasteiger partial charge in [-0.15, -0.1) is 10.2 Å². The van der Waals surface area contributed by atoms with Gasteiger partial charge in [-0.25, -0.2) is 0 Å². The van der Waals surface area contributed by atoms with Gasteiger partial charge >= 0.3 is 0 Å². The van der Waals surface area contributed by atoms with Gasteiger partial charge in [0.15, 0.2) is 5.16 Å². The Hall–Kier alpha value is -1.33. The highest BCUT2D eigenvalue weighted by atomic mass is 32.2. The second-order valence-electron chi connectivity index (χ2n) is 5.17. The van der Waals surface area contributed by atoms with Gasteiger partial charge in [0.25, 0.3) is 0 Å². The van der Waals surface area contributed by atoms with Crippen molar-refractivity contribution in [3.8, 4) is 0 Å². The summed E-state index contributed by atoms with van der Waals surface area (Å²) in [5, 5.41) is 9.36. The third-order valence-electron chi connectivity index (χ3n) is 3.80. The zero-order valence-electron chi connectivity index (χ0n) is 11.2. The van der Waals surface area contributed by atoms with E-state index in [4.69, 9.17) is 5.73 Å². The lowest BCUT2D eigenvalue weighted by Gasteiger charge is -2.34. The second-order valence-corrected chi connectivity index (χ2v) is 6.38. The lowest BCUT2D eigenvalue weighted by molar-refractivity contribution is 0.526. The molecule has 0 amide bonds. The maximum atomic E-state index is 6.44. The number of nitrogens with two attached hydrogens (primary N) is 1. The Bertz CT molecular complexity index is 580. The van der Waals surface area contributed by atoms with E-state index < -0.39 is 0 Å². The van der Waals surface area contributed by atoms with Gasteiger partial charge < -0.3 is 10.3 Å². The molecule has 1 heterocycles. The molecule has 2 aromatic rings. The monoisotopic (exact) mass is 274 g/mol. The summed E-state index contributed by atoms with van der Waals surface area (Å²) < 4.78 is 1.95. The lowest BCUT2D eigenvalue weighted by atomic mass is 9.81. The Kier molecular flexibility index (Phi) is 3.33. The van der Waals surface area contributed by atoms with Gasteiger partial charge in [-0.05, 0) is 23.5 Å². The van der Waals surface area contributed by atoms with E-state index in [1.54, 1.807) is 18.1 Å². The third-order valence-corrected chi connectivity index (χ3v) is 5.17. The largest absolute Gasteiger partial charge is 0.323 e. The number of benzene rings is 1. The summed E-state index contributed by atoms with van der Waals surface area (Å²) in [6.45, 7) is 2.27. The maximum Gasteiger partial charge on any atom is 0.191 e. The van der Waals surface area contributed by atoms with E-state index >= 15 is 0 Å². The number of nitrogens with zero attached hydrogens (tertiary/aromatic N) is 3. The molecule has 2 N–H and O–H groups in total. The van der Waals surface area contributed by atoms with Crippen LogP contribution in [0.25, 0.3) is 0 Å². The first-order chi connectivity index (χ1) is 9.16. The molecule has 0 radical (unpaired) electrons. The number of hydrogen-bond donors (Lipinski definition) is 1. The Morgan fingerprint density at radius 2 is 2.05 bits per heavy atom. The highest BCUT2D eigenvalue weighted by molar-refractivity contribution is 7.99. The Morgan fingerprint density at radius 1 is 1.32 bits per heavy atom. The van der Waals surface area contributed by atoms with Crippen molar-refractivity contribution < 1.29 is 0 Å². The first kappa shape index (κ1) is 12.7. The summed E-state index contributed by atoms with van der Waals surface area (Å²) in [6, 6.07) is 8.58. The molecule has 4 nitrogen and oxygen atoms in total. The minimum Gasteiger partial charge on any atom is -0.323 e. The fourth-order valence-electron chi connectivity index (χ4n) is 2.72. The van der Waals surface area contributed by atoms with Crippen LogP contribution in [0.15, 0.2) is 35.7 Å². The number of fused-ring (bicyclic) bond motifs is 1. The minimum atomic E-state index is 0.0640. The molecule has 100 valence electrons. The molecule has 19 heavy (non-hydrogen) atoms. The molecule has 3 atom stereocenters. The van der Waals surface area contributed by atoms with Crippen molar-refractivity contribution >= 4 is 11.8 Å². The molecular weight excluding hydrogens is 256 g/mol. The number of aromatic nitrogens is 3. The number of thioether (sulfide) groups is 1. The van der Waals surface area contributed by atoms with Crippen LogP contribution in [-0.2, 0) is 7.05 Å². The summed E-state index contributed by atoms with van der Waals surface area (Å²) >= 11 is 1.74. The van der Waals surface area contributed by atoms with Crippen molar-refractivity contribution in [2.24, 2.45) is 12.8 Å². The number of rotatable bonds is 2. The Balaban J connectivity index is 1.88. The van der Waals surface area contributed by atoms with Crippen LogP contribution in [0.2, 0.25) is 0 Å². The van der Waals surface area contributed by atoms with Crippen LogP contribution < -0.4 is 5.73 Å². The number of aryl methyl sites for hydroxylation is 1. The van der Waals surface area contributed by atoms with Crippen molar-refractivity contribution in [1.29, 1.82) is 0 Å². The van der Waals surface area contributed by atoms with E-state index in [-0.39, 0.29) is 6.04 Å². The van der Waals surface area contributed by atoms with E-state index in [0.29, 0.717) is 11.2 Å². The molecule has 0 saturated carbocycles. The summed E-state index contributed by atoms with van der Waals surface area (Å²) in [7, 11) is 1.97. The fourth-order valence-corrected chi connectivity index (χ4v) is 3.98. The van der Waals surface area contributed by atoms with Crippen molar-refractivity contribution in [2.75, 3.05) is 0 Å². The smallest absolute Gasteiger partial charge is 0.191 e. The molecule has 3 unspecified atom stereocenters. The highest BCUT2D eigenvalue weighted by Gasteiger charge is 2.32. The molecule has 0 aliphatic heterocycles. The molecule has 1 aromatic carbocycles. The molecule has 0 saturated heterocycles. The van der Waals surface area contributed by atoms with Crippen molar-refractivity contribution in [3.05, 3.63) is 41.7 Å². The quantitative estimate of drug-likeness (QED) is 0.914. The molecule has 0 fully saturated rings. The summed E-state index contributed by atoms with van der Waals surface area (Å²) in [5.41, 5.74) is 9.11. The molecule has 1 aliphatic rings. The van der Waals surface area contributed by atoms with Gasteiger partial charge in [0.1, 0.15) is 6.33 Å². The van der Waals surface area contributed by atoms with Gasteiger partial charge in [0.05, 0.1) is 0 Å². The average Bonchev–Trinajstić information content (AvgIpc) is 2.81. The molecule has 5 heteroatoms. The highest BCUT2D eigenvalue weighted by Crippen LogP contribution is 2.43. The van der Waals surface area contributed by atoms with Crippen LogP contribution in [0.4, 0.5) is 0 Å². The van der Waals surface area contributed by atoms with Crippen LogP contribution in [0.1, 0.15) is 36.4 Å². The zero-order chi connectivity index (χ0) is 13.4. The van der Waals surface area contributed by atoms with Crippen molar-refractivity contribution in [2.45, 2.75) is 35.7 Å². The van der Waals surface area contributed by atoms with Crippen LogP contribution in [0, 0.1) is 0 Å². The number of hydrogen-bond acceptors (Lipinski definition) is 4. The predicted octanol–water partition coefficient (Wildman–Crippen LogP) is 2.48. The maximum absolute atomic E-state index is 6.44. The normalized spacial score (nSPS) is 26.2. The molecule has 1 aliphatic carbocycles. The molecule has 0 spiro atoms. The lowest BCUT2D eigenvalue weighted by Crippen LogP contribution is -2.31. The SMILES string of the molecule is CC1CC(Sc2nncn2C)C(N)c2ccccc21. The van der Waals surface area contributed by atoms with Gasteiger partial charge in [-0.2, -0.15) is 0 Å². The first-order valence-electron chi connectivity index (χ1n) is 6.52. The van der Waals surface area contributed by atoms with E-state index in [0.717, 1.165) is 11.6 Å². The summed E-state index contributed by atoms with van der Waals surface area (Å²) in [6.07, 6.45) is 2.81. The molecular formula is C14H18N4S. The van der Waals surface area contributed by atoms with Crippen LogP contribution >= 0.6 is 11.8 Å². The van der Waals surface area contributed by atoms with Crippen molar-refractivity contribution in [1.82, 2.24) is 14.8 Å². The van der Waals surface area contributed by atoms with E-state index in [9.17, 15) is 0 Å². The topological polar surface area (TPSA) is 56.7 Å². The van der Waals surface area contributed by atoms with Crippen LogP contribution in [-0.4, -0.2) is 20.0 Å². The summed E-state index contributed by atoms with van der Waals surface area (Å²) in [5.74, 6) is 0.543. The zero-order valence-corrected chi connectivity index (χ0v) is 12.0. The van der Waals surface area contributed by atoms with E-state index in [1.165, 1.54) is 11.1 Å².